The predicted molar refractivity (Wildman–Crippen MR) is 74.0 cm³/mol. The van der Waals surface area contributed by atoms with Crippen LogP contribution in [0.15, 0.2) is 24.3 Å². The molecule has 1 aromatic rings. The molecule has 3 heteroatoms. The molecule has 0 spiro atoms. The van der Waals surface area contributed by atoms with E-state index in [1.165, 1.54) is 0 Å². The van der Waals surface area contributed by atoms with Gasteiger partial charge < -0.3 is 10.0 Å². The Balaban J connectivity index is 1.65. The Morgan fingerprint density at radius 3 is 2.47 bits per heavy atom. The van der Waals surface area contributed by atoms with Crippen molar-refractivity contribution in [3.05, 3.63) is 35.4 Å². The summed E-state index contributed by atoms with van der Waals surface area (Å²) in [6, 6.07) is 7.76. The minimum absolute atomic E-state index is 0.138. The van der Waals surface area contributed by atoms with Crippen LogP contribution in [0.5, 0.6) is 0 Å². The zero-order chi connectivity index (χ0) is 13.5. The number of aliphatic hydroxyl groups is 1. The minimum atomic E-state index is -0.391. The molecule has 1 aliphatic heterocycles. The summed E-state index contributed by atoms with van der Waals surface area (Å²) in [4.78, 5) is 14.4. The lowest BCUT2D eigenvalue weighted by Crippen LogP contribution is -2.42. The number of carbonyl (C=O) groups is 1. The van der Waals surface area contributed by atoms with Gasteiger partial charge in [0.2, 0.25) is 0 Å². The molecule has 2 fully saturated rings. The summed E-state index contributed by atoms with van der Waals surface area (Å²) in [6.45, 7) is 3.53. The average Bonchev–Trinajstić information content (AvgIpc) is 3.18. The summed E-state index contributed by atoms with van der Waals surface area (Å²) in [5.41, 5.74) is 1.46. The van der Waals surface area contributed by atoms with Crippen LogP contribution in [0, 0.1) is 12.8 Å². The minimum Gasteiger partial charge on any atom is -0.390 e. The highest BCUT2D eigenvalue weighted by atomic mass is 16.3. The zero-order valence-electron chi connectivity index (χ0n) is 11.4. The highest BCUT2D eigenvalue weighted by Gasteiger charge is 2.48. The van der Waals surface area contributed by atoms with E-state index >= 15 is 0 Å². The third-order valence-electron chi connectivity index (χ3n) is 4.68. The van der Waals surface area contributed by atoms with Crippen LogP contribution in [0.25, 0.3) is 0 Å². The Kier molecular flexibility index (Phi) is 3.09. The molecule has 0 unspecified atom stereocenters. The van der Waals surface area contributed by atoms with Crippen molar-refractivity contribution >= 4 is 5.91 Å². The number of piperidine rings is 1. The standard InChI is InChI=1S/C16H21NO2/c1-12-4-2-3-5-14(12)15(18)17-10-6-13(7-11-17)16(19)8-9-16/h2-5,13,19H,6-11H2,1H3. The van der Waals surface area contributed by atoms with Crippen LogP contribution >= 0.6 is 0 Å². The molecule has 1 heterocycles. The van der Waals surface area contributed by atoms with Gasteiger partial charge in [-0.3, -0.25) is 4.79 Å². The van der Waals surface area contributed by atoms with Crippen molar-refractivity contribution in [1.82, 2.24) is 4.90 Å². The van der Waals surface area contributed by atoms with Crippen LogP contribution in [0.4, 0.5) is 0 Å². The van der Waals surface area contributed by atoms with E-state index in [1.54, 1.807) is 0 Å². The molecule has 3 rings (SSSR count). The third kappa shape index (κ3) is 2.39. The molecule has 0 radical (unpaired) electrons. The van der Waals surface area contributed by atoms with Gasteiger partial charge in [0.25, 0.3) is 5.91 Å². The topological polar surface area (TPSA) is 40.5 Å². The highest BCUT2D eigenvalue weighted by molar-refractivity contribution is 5.95. The summed E-state index contributed by atoms with van der Waals surface area (Å²) in [5.74, 6) is 0.535. The van der Waals surface area contributed by atoms with Crippen LogP contribution in [-0.4, -0.2) is 34.6 Å². The molecular weight excluding hydrogens is 238 g/mol. The number of aryl methyl sites for hydroxylation is 1. The van der Waals surface area contributed by atoms with E-state index < -0.39 is 5.60 Å². The van der Waals surface area contributed by atoms with Gasteiger partial charge >= 0.3 is 0 Å². The second-order valence-corrected chi connectivity index (χ2v) is 5.98. The summed E-state index contributed by atoms with van der Waals surface area (Å²) in [5, 5.41) is 10.1. The van der Waals surface area contributed by atoms with Gasteiger partial charge in [-0.05, 0) is 50.2 Å². The number of nitrogens with zero attached hydrogens (tertiary/aromatic N) is 1. The van der Waals surface area contributed by atoms with Gasteiger partial charge in [-0.25, -0.2) is 0 Å². The fourth-order valence-electron chi connectivity index (χ4n) is 3.14. The second kappa shape index (κ2) is 4.64. The molecule has 1 aliphatic carbocycles. The zero-order valence-corrected chi connectivity index (χ0v) is 11.4. The second-order valence-electron chi connectivity index (χ2n) is 5.98. The van der Waals surface area contributed by atoms with Gasteiger partial charge in [0, 0.05) is 18.7 Å². The maximum atomic E-state index is 12.5. The molecule has 0 bridgehead atoms. The fraction of sp³-hybridized carbons (Fsp3) is 0.562. The molecule has 102 valence electrons. The maximum Gasteiger partial charge on any atom is 0.254 e. The first-order valence-corrected chi connectivity index (χ1v) is 7.17. The SMILES string of the molecule is Cc1ccccc1C(=O)N1CCC(C2(O)CC2)CC1. The molecular formula is C16H21NO2. The van der Waals surface area contributed by atoms with Crippen LogP contribution in [0.1, 0.15) is 41.6 Å². The molecule has 1 saturated heterocycles. The molecule has 1 aromatic carbocycles. The normalized spacial score (nSPS) is 22.3. The lowest BCUT2D eigenvalue weighted by molar-refractivity contribution is 0.0340. The molecule has 3 nitrogen and oxygen atoms in total. The predicted octanol–water partition coefficient (Wildman–Crippen LogP) is 2.37. The van der Waals surface area contributed by atoms with Crippen LogP contribution in [0.2, 0.25) is 0 Å². The number of benzene rings is 1. The molecule has 2 aliphatic rings. The Morgan fingerprint density at radius 2 is 1.89 bits per heavy atom. The van der Waals surface area contributed by atoms with Crippen LogP contribution in [0.3, 0.4) is 0 Å². The maximum absolute atomic E-state index is 12.5. The molecule has 19 heavy (non-hydrogen) atoms. The lowest BCUT2D eigenvalue weighted by Gasteiger charge is -2.34. The number of rotatable bonds is 2. The van der Waals surface area contributed by atoms with Crippen molar-refractivity contribution in [2.24, 2.45) is 5.92 Å². The monoisotopic (exact) mass is 259 g/mol. The largest absolute Gasteiger partial charge is 0.390 e. The van der Waals surface area contributed by atoms with Crippen LogP contribution < -0.4 is 0 Å². The van der Waals surface area contributed by atoms with Crippen molar-refractivity contribution in [3.8, 4) is 0 Å². The first-order chi connectivity index (χ1) is 9.10. The summed E-state index contributed by atoms with van der Waals surface area (Å²) in [6.07, 6.45) is 3.77. The Labute approximate surface area is 114 Å². The Bertz CT molecular complexity index is 485. The van der Waals surface area contributed by atoms with E-state index in [9.17, 15) is 9.90 Å². The number of hydrogen-bond donors (Lipinski definition) is 1. The molecule has 1 amide bonds. The number of likely N-dealkylation sites (tertiary alicyclic amines) is 1. The molecule has 0 atom stereocenters. The molecule has 1 saturated carbocycles. The van der Waals surface area contributed by atoms with Crippen molar-refractivity contribution in [2.45, 2.75) is 38.2 Å². The van der Waals surface area contributed by atoms with Crippen LogP contribution in [-0.2, 0) is 0 Å². The van der Waals surface area contributed by atoms with Gasteiger partial charge in [0.05, 0.1) is 5.60 Å². The molecule has 1 N–H and O–H groups in total. The number of amides is 1. The van der Waals surface area contributed by atoms with Gasteiger partial charge in [0.15, 0.2) is 0 Å². The first kappa shape index (κ1) is 12.7. The van der Waals surface area contributed by atoms with Crippen molar-refractivity contribution in [3.63, 3.8) is 0 Å². The van der Waals surface area contributed by atoms with Crippen molar-refractivity contribution in [2.75, 3.05) is 13.1 Å². The summed E-state index contributed by atoms with van der Waals surface area (Å²) in [7, 11) is 0. The van der Waals surface area contributed by atoms with E-state index in [2.05, 4.69) is 0 Å². The van der Waals surface area contributed by atoms with Gasteiger partial charge in [-0.1, -0.05) is 18.2 Å². The van der Waals surface area contributed by atoms with Crippen molar-refractivity contribution in [1.29, 1.82) is 0 Å². The molecule has 0 aromatic heterocycles. The smallest absolute Gasteiger partial charge is 0.254 e. The van der Waals surface area contributed by atoms with E-state index in [0.717, 1.165) is 49.9 Å². The Hall–Kier alpha value is -1.35. The van der Waals surface area contributed by atoms with E-state index in [0.29, 0.717) is 5.92 Å². The highest BCUT2D eigenvalue weighted by Crippen LogP contribution is 2.46. The quantitative estimate of drug-likeness (QED) is 0.886. The first-order valence-electron chi connectivity index (χ1n) is 7.17. The van der Waals surface area contributed by atoms with E-state index in [-0.39, 0.29) is 5.91 Å². The summed E-state index contributed by atoms with van der Waals surface area (Å²) >= 11 is 0. The fourth-order valence-corrected chi connectivity index (χ4v) is 3.14. The summed E-state index contributed by atoms with van der Waals surface area (Å²) < 4.78 is 0. The van der Waals surface area contributed by atoms with E-state index in [4.69, 9.17) is 0 Å². The lowest BCUT2D eigenvalue weighted by atomic mass is 9.89. The Morgan fingerprint density at radius 1 is 1.26 bits per heavy atom. The number of hydrogen-bond acceptors (Lipinski definition) is 2. The van der Waals surface area contributed by atoms with Gasteiger partial charge in [-0.2, -0.15) is 0 Å². The average molecular weight is 259 g/mol. The third-order valence-corrected chi connectivity index (χ3v) is 4.68. The van der Waals surface area contributed by atoms with E-state index in [1.807, 2.05) is 36.1 Å². The van der Waals surface area contributed by atoms with Gasteiger partial charge in [0.1, 0.15) is 0 Å². The van der Waals surface area contributed by atoms with Gasteiger partial charge in [-0.15, -0.1) is 0 Å². The number of carbonyl (C=O) groups excluding carboxylic acids is 1. The van der Waals surface area contributed by atoms with Crippen molar-refractivity contribution < 1.29 is 9.90 Å².